The van der Waals surface area contributed by atoms with Crippen LogP contribution >= 0.6 is 22.9 Å². The van der Waals surface area contributed by atoms with Crippen molar-refractivity contribution in [2.24, 2.45) is 7.05 Å². The first-order chi connectivity index (χ1) is 10.9. The highest BCUT2D eigenvalue weighted by Crippen LogP contribution is 2.27. The zero-order valence-corrected chi connectivity index (χ0v) is 15.1. The molecule has 6 heteroatoms. The maximum Gasteiger partial charge on any atom is 0.270 e. The summed E-state index contributed by atoms with van der Waals surface area (Å²) in [6.07, 6.45) is 0. The summed E-state index contributed by atoms with van der Waals surface area (Å²) in [5.41, 5.74) is 2.58. The number of rotatable bonds is 3. The van der Waals surface area contributed by atoms with Crippen LogP contribution in [0.5, 0.6) is 0 Å². The molecule has 3 rings (SSSR count). The van der Waals surface area contributed by atoms with Gasteiger partial charge in [0.25, 0.3) is 5.91 Å². The highest BCUT2D eigenvalue weighted by molar-refractivity contribution is 7.09. The first-order valence-corrected chi connectivity index (χ1v) is 8.58. The summed E-state index contributed by atoms with van der Waals surface area (Å²) in [5, 5.41) is 4.62. The van der Waals surface area contributed by atoms with Gasteiger partial charge in [-0.15, -0.1) is 11.3 Å². The van der Waals surface area contributed by atoms with Gasteiger partial charge in [0, 0.05) is 41.1 Å². The maximum absolute atomic E-state index is 12.9. The Labute approximate surface area is 144 Å². The van der Waals surface area contributed by atoms with Crippen LogP contribution in [0.4, 0.5) is 0 Å². The molecular weight excluding hydrogens is 330 g/mol. The second kappa shape index (κ2) is 5.98. The van der Waals surface area contributed by atoms with E-state index >= 15 is 0 Å². The topological polar surface area (TPSA) is 38.1 Å². The lowest BCUT2D eigenvalue weighted by molar-refractivity contribution is 0.0733. The fourth-order valence-electron chi connectivity index (χ4n) is 2.59. The molecule has 0 N–H and O–H groups in total. The Morgan fingerprint density at radius 1 is 1.39 bits per heavy atom. The molecule has 0 spiro atoms. The number of fused-ring (bicyclic) bond motifs is 1. The van der Waals surface area contributed by atoms with Gasteiger partial charge in [-0.25, -0.2) is 4.98 Å². The van der Waals surface area contributed by atoms with Crippen LogP contribution in [0.3, 0.4) is 0 Å². The third kappa shape index (κ3) is 2.86. The van der Waals surface area contributed by atoms with E-state index in [-0.39, 0.29) is 11.9 Å². The molecule has 1 amide bonds. The molecule has 0 saturated carbocycles. The molecule has 0 fully saturated rings. The normalized spacial score (nSPS) is 12.6. The van der Waals surface area contributed by atoms with Crippen molar-refractivity contribution in [3.05, 3.63) is 51.1 Å². The zero-order valence-electron chi connectivity index (χ0n) is 13.5. The summed E-state index contributed by atoms with van der Waals surface area (Å²) in [6.45, 7) is 3.96. The van der Waals surface area contributed by atoms with Crippen LogP contribution in [-0.4, -0.2) is 27.4 Å². The van der Waals surface area contributed by atoms with Crippen LogP contribution < -0.4 is 0 Å². The van der Waals surface area contributed by atoms with Gasteiger partial charge in [-0.3, -0.25) is 4.79 Å². The minimum Gasteiger partial charge on any atom is -0.340 e. The predicted octanol–water partition coefficient (Wildman–Crippen LogP) is 4.43. The highest BCUT2D eigenvalue weighted by atomic mass is 35.5. The Bertz CT molecular complexity index is 883. The van der Waals surface area contributed by atoms with Crippen LogP contribution in [0, 0.1) is 6.92 Å². The summed E-state index contributed by atoms with van der Waals surface area (Å²) >= 11 is 7.64. The molecule has 0 radical (unpaired) electrons. The number of nitrogens with zero attached hydrogens (tertiary/aromatic N) is 3. The lowest BCUT2D eigenvalue weighted by Crippen LogP contribution is -2.30. The van der Waals surface area contributed by atoms with E-state index in [2.05, 4.69) is 4.98 Å². The summed E-state index contributed by atoms with van der Waals surface area (Å²) < 4.78 is 1.89. The predicted molar refractivity (Wildman–Crippen MR) is 95.3 cm³/mol. The fourth-order valence-corrected chi connectivity index (χ4v) is 3.66. The molecule has 120 valence electrons. The van der Waals surface area contributed by atoms with Crippen LogP contribution in [0.1, 0.15) is 34.2 Å². The number of halogens is 1. The van der Waals surface area contributed by atoms with Crippen molar-refractivity contribution in [1.29, 1.82) is 0 Å². The molecule has 0 aliphatic carbocycles. The second-order valence-electron chi connectivity index (χ2n) is 5.71. The summed E-state index contributed by atoms with van der Waals surface area (Å²) in [6, 6.07) is 7.49. The molecule has 0 aliphatic heterocycles. The van der Waals surface area contributed by atoms with Crippen LogP contribution in [-0.2, 0) is 7.05 Å². The quantitative estimate of drug-likeness (QED) is 0.703. The van der Waals surface area contributed by atoms with E-state index in [1.165, 1.54) is 0 Å². The number of amides is 1. The first kappa shape index (κ1) is 16.0. The van der Waals surface area contributed by atoms with Gasteiger partial charge in [0.2, 0.25) is 0 Å². The smallest absolute Gasteiger partial charge is 0.270 e. The van der Waals surface area contributed by atoms with E-state index in [0.29, 0.717) is 10.7 Å². The molecule has 3 aromatic rings. The number of carbonyl (C=O) groups is 1. The monoisotopic (exact) mass is 347 g/mol. The van der Waals surface area contributed by atoms with Crippen LogP contribution in [0.25, 0.3) is 10.9 Å². The Balaban J connectivity index is 1.95. The number of hydrogen-bond acceptors (Lipinski definition) is 3. The van der Waals surface area contributed by atoms with Crippen molar-refractivity contribution in [2.45, 2.75) is 19.9 Å². The molecule has 0 aliphatic rings. The van der Waals surface area contributed by atoms with Crippen molar-refractivity contribution in [3.8, 4) is 0 Å². The standard InChI is InChI=1S/C17H18ClN3OS/c1-10-9-23-16(19-10)11(2)20(3)17(22)15-7-12-5-6-13(18)8-14(12)21(15)4/h5-9,11H,1-4H3. The Morgan fingerprint density at radius 2 is 2.13 bits per heavy atom. The maximum atomic E-state index is 12.9. The Morgan fingerprint density at radius 3 is 2.78 bits per heavy atom. The van der Waals surface area contributed by atoms with Gasteiger partial charge in [0.1, 0.15) is 10.7 Å². The van der Waals surface area contributed by atoms with Gasteiger partial charge < -0.3 is 9.47 Å². The van der Waals surface area contributed by atoms with Crippen molar-refractivity contribution in [3.63, 3.8) is 0 Å². The Hall–Kier alpha value is -1.85. The molecule has 2 heterocycles. The third-order valence-electron chi connectivity index (χ3n) is 4.12. The first-order valence-electron chi connectivity index (χ1n) is 7.32. The van der Waals surface area contributed by atoms with E-state index in [9.17, 15) is 4.79 Å². The summed E-state index contributed by atoms with van der Waals surface area (Å²) in [4.78, 5) is 19.1. The molecule has 1 atom stereocenters. The van der Waals surface area contributed by atoms with E-state index in [0.717, 1.165) is 21.6 Å². The largest absolute Gasteiger partial charge is 0.340 e. The molecule has 0 saturated heterocycles. The average molecular weight is 348 g/mol. The van der Waals surface area contributed by atoms with Crippen molar-refractivity contribution < 1.29 is 4.79 Å². The van der Waals surface area contributed by atoms with Gasteiger partial charge in [-0.05, 0) is 32.0 Å². The number of aryl methyl sites for hydroxylation is 2. The minimum atomic E-state index is -0.0669. The molecule has 4 nitrogen and oxygen atoms in total. The number of benzene rings is 1. The highest BCUT2D eigenvalue weighted by Gasteiger charge is 2.23. The molecule has 2 aromatic heterocycles. The van der Waals surface area contributed by atoms with E-state index < -0.39 is 0 Å². The number of aromatic nitrogens is 2. The van der Waals surface area contributed by atoms with E-state index in [4.69, 9.17) is 11.6 Å². The number of carbonyl (C=O) groups excluding carboxylic acids is 1. The van der Waals surface area contributed by atoms with Crippen LogP contribution in [0.2, 0.25) is 5.02 Å². The van der Waals surface area contributed by atoms with Crippen molar-refractivity contribution in [1.82, 2.24) is 14.5 Å². The van der Waals surface area contributed by atoms with Crippen molar-refractivity contribution in [2.75, 3.05) is 7.05 Å². The second-order valence-corrected chi connectivity index (χ2v) is 7.04. The van der Waals surface area contributed by atoms with Crippen molar-refractivity contribution >= 4 is 39.7 Å². The van der Waals surface area contributed by atoms with Crippen LogP contribution in [0.15, 0.2) is 29.6 Å². The SMILES string of the molecule is Cc1csc(C(C)N(C)C(=O)c2cc3ccc(Cl)cc3n2C)n1. The molecule has 23 heavy (non-hydrogen) atoms. The molecule has 1 unspecified atom stereocenters. The average Bonchev–Trinajstić information content (AvgIpc) is 3.10. The van der Waals surface area contributed by atoms with E-state index in [1.54, 1.807) is 16.2 Å². The summed E-state index contributed by atoms with van der Waals surface area (Å²) in [5.74, 6) is -0.0276. The lowest BCUT2D eigenvalue weighted by atomic mass is 10.2. The summed E-state index contributed by atoms with van der Waals surface area (Å²) in [7, 11) is 3.70. The molecule has 0 bridgehead atoms. The minimum absolute atomic E-state index is 0.0276. The molecular formula is C17H18ClN3OS. The van der Waals surface area contributed by atoms with Gasteiger partial charge in [0.05, 0.1) is 6.04 Å². The fraction of sp³-hybridized carbons (Fsp3) is 0.294. The van der Waals surface area contributed by atoms with E-state index in [1.807, 2.05) is 62.2 Å². The third-order valence-corrected chi connectivity index (χ3v) is 5.49. The molecule has 1 aromatic carbocycles. The lowest BCUT2D eigenvalue weighted by Gasteiger charge is -2.23. The van der Waals surface area contributed by atoms with Gasteiger partial charge >= 0.3 is 0 Å². The van der Waals surface area contributed by atoms with Gasteiger partial charge in [-0.2, -0.15) is 0 Å². The Kier molecular flexibility index (Phi) is 4.17. The zero-order chi connectivity index (χ0) is 16.7. The van der Waals surface area contributed by atoms with Gasteiger partial charge in [0.15, 0.2) is 0 Å². The number of hydrogen-bond donors (Lipinski definition) is 0. The number of thiazole rings is 1. The van der Waals surface area contributed by atoms with Gasteiger partial charge in [-0.1, -0.05) is 17.7 Å².